The van der Waals surface area contributed by atoms with Crippen molar-refractivity contribution in [3.05, 3.63) is 91.9 Å². The van der Waals surface area contributed by atoms with E-state index in [1.807, 2.05) is 6.07 Å². The largest absolute Gasteiger partial charge is 0.466 e. The van der Waals surface area contributed by atoms with Gasteiger partial charge >= 0.3 is 11.9 Å². The van der Waals surface area contributed by atoms with Crippen molar-refractivity contribution >= 4 is 23.3 Å². The lowest BCUT2D eigenvalue weighted by atomic mass is 9.80. The number of carbonyl (C=O) groups excluding carboxylic acids is 2. The molecule has 34 heavy (non-hydrogen) atoms. The van der Waals surface area contributed by atoms with Crippen molar-refractivity contribution in [1.82, 2.24) is 0 Å². The lowest BCUT2D eigenvalue weighted by molar-refractivity contribution is -0.384. The normalized spacial score (nSPS) is 15.6. The van der Waals surface area contributed by atoms with Gasteiger partial charge in [-0.25, -0.2) is 9.59 Å². The van der Waals surface area contributed by atoms with E-state index in [0.29, 0.717) is 16.7 Å². The van der Waals surface area contributed by atoms with Gasteiger partial charge in [0.1, 0.15) is 17.2 Å². The Hall–Kier alpha value is -4.65. The first kappa shape index (κ1) is 24.0. The molecule has 10 nitrogen and oxygen atoms in total. The minimum Gasteiger partial charge on any atom is -0.466 e. The topological polar surface area (TPSA) is 149 Å². The van der Waals surface area contributed by atoms with Crippen molar-refractivity contribution < 1.29 is 24.0 Å². The number of carbonyl (C=O) groups is 2. The van der Waals surface area contributed by atoms with Crippen LogP contribution >= 0.6 is 0 Å². The summed E-state index contributed by atoms with van der Waals surface area (Å²) in [4.78, 5) is 38.5. The number of hydrogen-bond acceptors (Lipinski definition) is 9. The molecule has 0 fully saturated rings. The van der Waals surface area contributed by atoms with Crippen LogP contribution in [0.1, 0.15) is 22.6 Å². The molecule has 1 aliphatic heterocycles. The molecular weight excluding hydrogens is 440 g/mol. The Morgan fingerprint density at radius 2 is 1.71 bits per heavy atom. The quantitative estimate of drug-likeness (QED) is 0.402. The Morgan fingerprint density at radius 1 is 1.09 bits per heavy atom. The standard InChI is InChI=1S/C24H22N4O6/c1-13-10-11-17(28(31)32)20(14(13)2)27-21(24(30)34-4)19(23(29)33-3)18(16(12-25)22(27)26)15-8-6-5-7-9-15/h5-11,18H,26H2,1-4H3. The summed E-state index contributed by atoms with van der Waals surface area (Å²) >= 11 is 0. The van der Waals surface area contributed by atoms with E-state index in [4.69, 9.17) is 15.2 Å². The van der Waals surface area contributed by atoms with Gasteiger partial charge < -0.3 is 15.2 Å². The first-order valence-corrected chi connectivity index (χ1v) is 10.1. The first-order valence-electron chi connectivity index (χ1n) is 10.1. The predicted molar refractivity (Wildman–Crippen MR) is 122 cm³/mol. The van der Waals surface area contributed by atoms with E-state index in [1.54, 1.807) is 50.2 Å². The number of ether oxygens (including phenoxy) is 2. The van der Waals surface area contributed by atoms with Crippen LogP contribution in [0, 0.1) is 35.3 Å². The molecule has 0 saturated carbocycles. The first-order chi connectivity index (χ1) is 16.2. The molecule has 1 atom stereocenters. The van der Waals surface area contributed by atoms with Crippen molar-refractivity contribution in [1.29, 1.82) is 5.26 Å². The van der Waals surface area contributed by atoms with Crippen molar-refractivity contribution in [2.75, 3.05) is 19.1 Å². The molecule has 174 valence electrons. The average Bonchev–Trinajstić information content (AvgIpc) is 2.84. The maximum absolute atomic E-state index is 13.1. The van der Waals surface area contributed by atoms with E-state index >= 15 is 0 Å². The van der Waals surface area contributed by atoms with Crippen LogP contribution in [0.4, 0.5) is 11.4 Å². The molecule has 1 unspecified atom stereocenters. The third kappa shape index (κ3) is 3.84. The van der Waals surface area contributed by atoms with Gasteiger partial charge in [-0.05, 0) is 30.5 Å². The molecule has 0 amide bonds. The molecule has 3 rings (SSSR count). The van der Waals surface area contributed by atoms with Gasteiger partial charge in [-0.15, -0.1) is 0 Å². The summed E-state index contributed by atoms with van der Waals surface area (Å²) in [7, 11) is 2.24. The summed E-state index contributed by atoms with van der Waals surface area (Å²) in [5.41, 5.74) is 6.95. The summed E-state index contributed by atoms with van der Waals surface area (Å²) in [5.74, 6) is -3.18. The summed E-state index contributed by atoms with van der Waals surface area (Å²) in [6, 6.07) is 13.3. The number of aryl methyl sites for hydroxylation is 1. The van der Waals surface area contributed by atoms with Crippen LogP contribution in [0.5, 0.6) is 0 Å². The highest BCUT2D eigenvalue weighted by atomic mass is 16.6. The summed E-state index contributed by atoms with van der Waals surface area (Å²) in [5, 5.41) is 22.0. The molecule has 0 aromatic heterocycles. The summed E-state index contributed by atoms with van der Waals surface area (Å²) in [6.07, 6.45) is 0. The zero-order valence-electron chi connectivity index (χ0n) is 19.0. The smallest absolute Gasteiger partial charge is 0.355 e. The van der Waals surface area contributed by atoms with Gasteiger partial charge in [-0.2, -0.15) is 5.26 Å². The highest BCUT2D eigenvalue weighted by molar-refractivity contribution is 6.07. The molecule has 0 saturated heterocycles. The minimum absolute atomic E-state index is 0.0523. The van der Waals surface area contributed by atoms with E-state index in [9.17, 15) is 25.0 Å². The molecule has 10 heteroatoms. The van der Waals surface area contributed by atoms with Crippen LogP contribution in [0.3, 0.4) is 0 Å². The second kappa shape index (κ2) is 9.46. The zero-order valence-corrected chi connectivity index (χ0v) is 19.0. The van der Waals surface area contributed by atoms with E-state index in [0.717, 1.165) is 19.1 Å². The Morgan fingerprint density at radius 3 is 2.24 bits per heavy atom. The number of anilines is 1. The Labute approximate surface area is 195 Å². The fourth-order valence-electron chi connectivity index (χ4n) is 3.96. The molecule has 2 N–H and O–H groups in total. The lowest BCUT2D eigenvalue weighted by Gasteiger charge is -2.36. The SMILES string of the molecule is COC(=O)C1=C(C(=O)OC)N(c2c([N+](=O)[O-])ccc(C)c2C)C(N)=C(C#N)C1c1ccccc1. The minimum atomic E-state index is -1.06. The van der Waals surface area contributed by atoms with Gasteiger partial charge in [-0.1, -0.05) is 36.4 Å². The van der Waals surface area contributed by atoms with Gasteiger partial charge in [-0.3, -0.25) is 15.0 Å². The molecule has 2 aromatic rings. The van der Waals surface area contributed by atoms with Crippen LogP contribution in [0.15, 0.2) is 65.1 Å². The number of benzene rings is 2. The molecule has 1 heterocycles. The maximum atomic E-state index is 13.1. The van der Waals surface area contributed by atoms with Crippen LogP contribution in [-0.2, 0) is 19.1 Å². The number of nitrogens with zero attached hydrogens (tertiary/aromatic N) is 3. The number of esters is 2. The van der Waals surface area contributed by atoms with E-state index in [1.165, 1.54) is 6.07 Å². The number of hydrogen-bond donors (Lipinski definition) is 1. The van der Waals surface area contributed by atoms with E-state index in [-0.39, 0.29) is 34.0 Å². The number of methoxy groups -OCH3 is 2. The van der Waals surface area contributed by atoms with Crippen LogP contribution in [0.25, 0.3) is 0 Å². The van der Waals surface area contributed by atoms with E-state index in [2.05, 4.69) is 0 Å². The highest BCUT2D eigenvalue weighted by Gasteiger charge is 2.44. The van der Waals surface area contributed by atoms with Crippen molar-refractivity contribution in [2.24, 2.45) is 5.73 Å². The van der Waals surface area contributed by atoms with Gasteiger partial charge in [0, 0.05) is 6.07 Å². The number of nitrogens with two attached hydrogens (primary N) is 1. The lowest BCUT2D eigenvalue weighted by Crippen LogP contribution is -2.41. The monoisotopic (exact) mass is 462 g/mol. The Balaban J connectivity index is 2.54. The third-order valence-electron chi connectivity index (χ3n) is 5.71. The van der Waals surface area contributed by atoms with Crippen molar-refractivity contribution in [2.45, 2.75) is 19.8 Å². The van der Waals surface area contributed by atoms with Crippen molar-refractivity contribution in [3.63, 3.8) is 0 Å². The number of nitro benzene ring substituents is 1. The molecule has 0 spiro atoms. The molecule has 0 bridgehead atoms. The van der Waals surface area contributed by atoms with Crippen molar-refractivity contribution in [3.8, 4) is 6.07 Å². The fraction of sp³-hybridized carbons (Fsp3) is 0.208. The van der Waals surface area contributed by atoms with Gasteiger partial charge in [0.15, 0.2) is 0 Å². The number of nitro groups is 1. The fourth-order valence-corrected chi connectivity index (χ4v) is 3.96. The second-order valence-electron chi connectivity index (χ2n) is 7.47. The molecular formula is C24H22N4O6. The molecule has 0 aliphatic carbocycles. The summed E-state index contributed by atoms with van der Waals surface area (Å²) < 4.78 is 9.93. The maximum Gasteiger partial charge on any atom is 0.355 e. The highest BCUT2D eigenvalue weighted by Crippen LogP contribution is 2.46. The second-order valence-corrected chi connectivity index (χ2v) is 7.47. The molecule has 1 aliphatic rings. The predicted octanol–water partition coefficient (Wildman–Crippen LogP) is 3.11. The zero-order chi connectivity index (χ0) is 25.2. The van der Waals surface area contributed by atoms with Gasteiger partial charge in [0.05, 0.1) is 42.3 Å². The van der Waals surface area contributed by atoms with Crippen LogP contribution in [0.2, 0.25) is 0 Å². The average molecular weight is 462 g/mol. The number of nitriles is 1. The van der Waals surface area contributed by atoms with Crippen LogP contribution in [-0.4, -0.2) is 31.1 Å². The summed E-state index contributed by atoms with van der Waals surface area (Å²) in [6.45, 7) is 3.35. The molecule has 0 radical (unpaired) electrons. The van der Waals surface area contributed by atoms with E-state index < -0.39 is 22.8 Å². The Kier molecular flexibility index (Phi) is 6.68. The number of allylic oxidation sites excluding steroid dienone is 1. The number of rotatable bonds is 5. The van der Waals surface area contributed by atoms with Gasteiger partial charge in [0.25, 0.3) is 5.69 Å². The van der Waals surface area contributed by atoms with Gasteiger partial charge in [0.2, 0.25) is 0 Å². The van der Waals surface area contributed by atoms with Crippen LogP contribution < -0.4 is 10.6 Å². The Bertz CT molecular complexity index is 1290. The third-order valence-corrected chi connectivity index (χ3v) is 5.71. The molecule has 2 aromatic carbocycles.